The Balaban J connectivity index is 2.19. The summed E-state index contributed by atoms with van der Waals surface area (Å²) in [5.74, 6) is -0.104. The first kappa shape index (κ1) is 19.6. The van der Waals surface area contributed by atoms with E-state index in [0.717, 1.165) is 18.9 Å². The van der Waals surface area contributed by atoms with Crippen LogP contribution in [0.2, 0.25) is 0 Å². The lowest BCUT2D eigenvalue weighted by Gasteiger charge is -2.14. The highest BCUT2D eigenvalue weighted by molar-refractivity contribution is 14.1. The van der Waals surface area contributed by atoms with Crippen LogP contribution in [0.4, 0.5) is 18.9 Å². The molecule has 0 aliphatic heterocycles. The molecule has 0 saturated carbocycles. The van der Waals surface area contributed by atoms with E-state index in [2.05, 4.69) is 5.32 Å². The number of carbonyl (C=O) groups is 1. The van der Waals surface area contributed by atoms with Gasteiger partial charge < -0.3 is 10.1 Å². The van der Waals surface area contributed by atoms with Crippen LogP contribution in [-0.4, -0.2) is 12.5 Å². The molecule has 2 rings (SSSR count). The second-order valence-corrected chi connectivity index (χ2v) is 6.62. The van der Waals surface area contributed by atoms with E-state index in [-0.39, 0.29) is 11.3 Å². The molecule has 1 amide bonds. The van der Waals surface area contributed by atoms with E-state index in [1.54, 1.807) is 34.7 Å². The molecule has 2 aromatic rings. The maximum absolute atomic E-state index is 13.1. The molecule has 0 spiro atoms. The molecule has 0 saturated heterocycles. The molecule has 7 heteroatoms. The number of nitrogens with one attached hydrogen (secondary N) is 1. The van der Waals surface area contributed by atoms with E-state index in [1.807, 2.05) is 6.92 Å². The maximum atomic E-state index is 13.1. The molecule has 0 radical (unpaired) electrons. The summed E-state index contributed by atoms with van der Waals surface area (Å²) >= 11 is 1.80. The van der Waals surface area contributed by atoms with Crippen molar-refractivity contribution < 1.29 is 22.7 Å². The van der Waals surface area contributed by atoms with Gasteiger partial charge in [0.15, 0.2) is 0 Å². The minimum Gasteiger partial charge on any atom is -0.494 e. The lowest BCUT2D eigenvalue weighted by atomic mass is 10.1. The first-order valence-corrected chi connectivity index (χ1v) is 8.80. The largest absolute Gasteiger partial charge is 0.494 e. The van der Waals surface area contributed by atoms with Gasteiger partial charge in [-0.3, -0.25) is 4.79 Å². The van der Waals surface area contributed by atoms with Crippen molar-refractivity contribution in [2.24, 2.45) is 0 Å². The average Bonchev–Trinajstić information content (AvgIpc) is 2.56. The van der Waals surface area contributed by atoms with Crippen LogP contribution < -0.4 is 10.1 Å². The molecule has 0 fully saturated rings. The molecule has 0 aliphatic rings. The molecule has 0 aliphatic carbocycles. The van der Waals surface area contributed by atoms with Gasteiger partial charge in [-0.05, 0) is 65.4 Å². The number of unbranched alkanes of at least 4 members (excludes halogenated alkanes) is 1. The highest BCUT2D eigenvalue weighted by atomic mass is 127. The number of amides is 1. The van der Waals surface area contributed by atoms with Crippen LogP contribution in [0.3, 0.4) is 0 Å². The summed E-state index contributed by atoms with van der Waals surface area (Å²) in [7, 11) is 0. The Morgan fingerprint density at radius 2 is 1.96 bits per heavy atom. The summed E-state index contributed by atoms with van der Waals surface area (Å²) in [5, 5.41) is 2.34. The third kappa shape index (κ3) is 5.62. The SMILES string of the molecule is CCCCOc1cccc(C(=O)Nc2ccc(I)cc2C(F)(F)F)c1. The third-order valence-electron chi connectivity index (χ3n) is 3.40. The van der Waals surface area contributed by atoms with Crippen molar-refractivity contribution in [3.63, 3.8) is 0 Å². The van der Waals surface area contributed by atoms with Crippen LogP contribution >= 0.6 is 22.6 Å². The number of rotatable bonds is 6. The molecule has 3 nitrogen and oxygen atoms in total. The normalized spacial score (nSPS) is 11.2. The summed E-state index contributed by atoms with van der Waals surface area (Å²) in [5.41, 5.74) is -0.904. The number of alkyl halides is 3. The summed E-state index contributed by atoms with van der Waals surface area (Å²) in [6, 6.07) is 10.2. The number of hydrogen-bond acceptors (Lipinski definition) is 2. The van der Waals surface area contributed by atoms with Crippen LogP contribution in [0, 0.1) is 3.57 Å². The fourth-order valence-corrected chi connectivity index (χ4v) is 2.61. The lowest BCUT2D eigenvalue weighted by Crippen LogP contribution is -2.17. The van der Waals surface area contributed by atoms with Crippen molar-refractivity contribution in [3.8, 4) is 5.75 Å². The summed E-state index contributed by atoms with van der Waals surface area (Å²) in [6.07, 6.45) is -2.68. The summed E-state index contributed by atoms with van der Waals surface area (Å²) in [6.45, 7) is 2.56. The van der Waals surface area contributed by atoms with Crippen LogP contribution in [0.1, 0.15) is 35.7 Å². The van der Waals surface area contributed by atoms with E-state index >= 15 is 0 Å². The van der Waals surface area contributed by atoms with Gasteiger partial charge in [-0.15, -0.1) is 0 Å². The molecule has 0 unspecified atom stereocenters. The maximum Gasteiger partial charge on any atom is 0.418 e. The molecule has 0 bridgehead atoms. The van der Waals surface area contributed by atoms with Gasteiger partial charge in [0, 0.05) is 9.13 Å². The number of anilines is 1. The fraction of sp³-hybridized carbons (Fsp3) is 0.278. The Kier molecular flexibility index (Phi) is 6.69. The molecular weight excluding hydrogens is 446 g/mol. The monoisotopic (exact) mass is 463 g/mol. The van der Waals surface area contributed by atoms with Crippen molar-refractivity contribution in [3.05, 3.63) is 57.2 Å². The number of carbonyl (C=O) groups excluding carboxylic acids is 1. The average molecular weight is 463 g/mol. The standard InChI is InChI=1S/C18H17F3INO2/c1-2-3-9-25-14-6-4-5-12(10-14)17(24)23-16-8-7-13(22)11-15(16)18(19,20)21/h4-8,10-11H,2-3,9H2,1H3,(H,23,24). The number of benzene rings is 2. The molecule has 25 heavy (non-hydrogen) atoms. The molecule has 2 aromatic carbocycles. The first-order chi connectivity index (χ1) is 11.8. The minimum absolute atomic E-state index is 0.237. The van der Waals surface area contributed by atoms with Crippen molar-refractivity contribution in [1.29, 1.82) is 0 Å². The molecule has 1 N–H and O–H groups in total. The zero-order valence-corrected chi connectivity index (χ0v) is 15.6. The Labute approximate surface area is 157 Å². The highest BCUT2D eigenvalue weighted by Gasteiger charge is 2.34. The van der Waals surface area contributed by atoms with E-state index in [0.29, 0.717) is 15.9 Å². The Bertz CT molecular complexity index is 747. The van der Waals surface area contributed by atoms with Gasteiger partial charge in [-0.2, -0.15) is 13.2 Å². The number of ether oxygens (including phenoxy) is 1. The molecular formula is C18H17F3INO2. The van der Waals surface area contributed by atoms with Gasteiger partial charge in [0.25, 0.3) is 5.91 Å². The third-order valence-corrected chi connectivity index (χ3v) is 4.07. The fourth-order valence-electron chi connectivity index (χ4n) is 2.12. The van der Waals surface area contributed by atoms with E-state index in [4.69, 9.17) is 4.74 Å². The van der Waals surface area contributed by atoms with Crippen LogP contribution in [-0.2, 0) is 6.18 Å². The lowest BCUT2D eigenvalue weighted by molar-refractivity contribution is -0.137. The molecule has 0 atom stereocenters. The van der Waals surface area contributed by atoms with Gasteiger partial charge in [0.2, 0.25) is 0 Å². The van der Waals surface area contributed by atoms with E-state index in [1.165, 1.54) is 24.3 Å². The van der Waals surface area contributed by atoms with Gasteiger partial charge in [-0.25, -0.2) is 0 Å². The highest BCUT2D eigenvalue weighted by Crippen LogP contribution is 2.36. The Morgan fingerprint density at radius 1 is 1.20 bits per heavy atom. The van der Waals surface area contributed by atoms with Crippen molar-refractivity contribution in [2.75, 3.05) is 11.9 Å². The number of hydrogen-bond donors (Lipinski definition) is 1. The summed E-state index contributed by atoms with van der Waals surface area (Å²) in [4.78, 5) is 12.3. The topological polar surface area (TPSA) is 38.3 Å². The van der Waals surface area contributed by atoms with Crippen LogP contribution in [0.5, 0.6) is 5.75 Å². The minimum atomic E-state index is -4.55. The van der Waals surface area contributed by atoms with Gasteiger partial charge >= 0.3 is 6.18 Å². The van der Waals surface area contributed by atoms with Crippen molar-refractivity contribution in [1.82, 2.24) is 0 Å². The van der Waals surface area contributed by atoms with E-state index in [9.17, 15) is 18.0 Å². The second-order valence-electron chi connectivity index (χ2n) is 5.37. The van der Waals surface area contributed by atoms with Crippen LogP contribution in [0.25, 0.3) is 0 Å². The summed E-state index contributed by atoms with van der Waals surface area (Å²) < 4.78 is 45.4. The van der Waals surface area contributed by atoms with Gasteiger partial charge in [0.1, 0.15) is 5.75 Å². The zero-order chi connectivity index (χ0) is 18.4. The first-order valence-electron chi connectivity index (χ1n) is 7.72. The second kappa shape index (κ2) is 8.55. The van der Waals surface area contributed by atoms with Gasteiger partial charge in [0.05, 0.1) is 17.9 Å². The van der Waals surface area contributed by atoms with Crippen molar-refractivity contribution in [2.45, 2.75) is 25.9 Å². The van der Waals surface area contributed by atoms with Crippen LogP contribution in [0.15, 0.2) is 42.5 Å². The Morgan fingerprint density at radius 3 is 2.64 bits per heavy atom. The Hall–Kier alpha value is -1.77. The predicted molar refractivity (Wildman–Crippen MR) is 99.0 cm³/mol. The van der Waals surface area contributed by atoms with Crippen molar-refractivity contribution >= 4 is 34.2 Å². The quantitative estimate of drug-likeness (QED) is 0.439. The number of halogens is 4. The molecule has 0 heterocycles. The molecule has 134 valence electrons. The smallest absolute Gasteiger partial charge is 0.418 e. The predicted octanol–water partition coefficient (Wildman–Crippen LogP) is 5.74. The van der Waals surface area contributed by atoms with Gasteiger partial charge in [-0.1, -0.05) is 19.4 Å². The molecule has 0 aromatic heterocycles. The zero-order valence-electron chi connectivity index (χ0n) is 13.5. The van der Waals surface area contributed by atoms with E-state index < -0.39 is 17.6 Å².